The Morgan fingerprint density at radius 1 is 0.971 bits per heavy atom. The van der Waals surface area contributed by atoms with Crippen LogP contribution in [0.25, 0.3) is 0 Å². The predicted molar refractivity (Wildman–Crippen MR) is 126 cm³/mol. The van der Waals surface area contributed by atoms with Gasteiger partial charge in [-0.25, -0.2) is 4.79 Å². The van der Waals surface area contributed by atoms with E-state index in [0.29, 0.717) is 47.1 Å². The molecule has 180 valence electrons. The lowest BCUT2D eigenvalue weighted by molar-refractivity contribution is -0.132. The van der Waals surface area contributed by atoms with Crippen molar-refractivity contribution >= 4 is 23.4 Å². The summed E-state index contributed by atoms with van der Waals surface area (Å²) in [5, 5.41) is 0.674. The Hall–Kier alpha value is -3.19. The summed E-state index contributed by atoms with van der Waals surface area (Å²) < 4.78 is 27.8. The molecule has 0 aromatic heterocycles. The second-order valence-electron chi connectivity index (χ2n) is 8.54. The quantitative estimate of drug-likeness (QED) is 0.520. The third kappa shape index (κ3) is 4.99. The fourth-order valence-electron chi connectivity index (χ4n) is 4.35. The van der Waals surface area contributed by atoms with Crippen molar-refractivity contribution in [1.29, 1.82) is 0 Å². The van der Waals surface area contributed by atoms with Crippen LogP contribution in [0.3, 0.4) is 0 Å². The summed E-state index contributed by atoms with van der Waals surface area (Å²) in [7, 11) is 3.03. The highest BCUT2D eigenvalue weighted by Crippen LogP contribution is 2.36. The molecule has 34 heavy (non-hydrogen) atoms. The van der Waals surface area contributed by atoms with Crippen LogP contribution in [0.15, 0.2) is 42.4 Å². The Morgan fingerprint density at radius 2 is 1.62 bits per heavy atom. The molecule has 7 nitrogen and oxygen atoms in total. The minimum absolute atomic E-state index is 0.108. The van der Waals surface area contributed by atoms with Gasteiger partial charge in [-0.3, -0.25) is 4.79 Å². The van der Waals surface area contributed by atoms with Crippen molar-refractivity contribution in [3.63, 3.8) is 0 Å². The number of hydrogen-bond acceptors (Lipinski definition) is 7. The zero-order chi connectivity index (χ0) is 24.4. The number of fused-ring (bicyclic) bond motifs is 1. The summed E-state index contributed by atoms with van der Waals surface area (Å²) in [6.07, 6.45) is 2.13. The van der Waals surface area contributed by atoms with E-state index >= 15 is 0 Å². The molecule has 0 amide bonds. The third-order valence-corrected chi connectivity index (χ3v) is 6.77. The molecule has 3 unspecified atom stereocenters. The second kappa shape index (κ2) is 9.97. The van der Waals surface area contributed by atoms with Crippen molar-refractivity contribution in [3.05, 3.63) is 64.1 Å². The van der Waals surface area contributed by atoms with Crippen LogP contribution < -0.4 is 14.2 Å². The predicted octanol–water partition coefficient (Wildman–Crippen LogP) is 5.19. The van der Waals surface area contributed by atoms with Gasteiger partial charge in [0.15, 0.2) is 0 Å². The van der Waals surface area contributed by atoms with Crippen molar-refractivity contribution in [2.24, 2.45) is 5.92 Å². The molecule has 1 aliphatic heterocycles. The SMILES string of the molecule is COc1cc(OC)cc(C(=O)OC2CCC3C(=O)C(Oc4cc(C)c(Cl)c(C)c4)=COC3C2)c1. The van der Waals surface area contributed by atoms with Crippen LogP contribution in [0.4, 0.5) is 0 Å². The van der Waals surface area contributed by atoms with Gasteiger partial charge in [0.05, 0.1) is 25.7 Å². The molecule has 8 heteroatoms. The summed E-state index contributed by atoms with van der Waals surface area (Å²) in [5.41, 5.74) is 2.08. The topological polar surface area (TPSA) is 80.3 Å². The van der Waals surface area contributed by atoms with E-state index < -0.39 is 5.97 Å². The lowest BCUT2D eigenvalue weighted by atomic mass is 9.80. The number of esters is 1. The average Bonchev–Trinajstić information content (AvgIpc) is 2.83. The zero-order valence-electron chi connectivity index (χ0n) is 19.6. The highest BCUT2D eigenvalue weighted by Gasteiger charge is 2.42. The zero-order valence-corrected chi connectivity index (χ0v) is 20.3. The normalized spacial score (nSPS) is 21.6. The Bertz CT molecular complexity index is 1090. The maximum atomic E-state index is 13.1. The fourth-order valence-corrected chi connectivity index (χ4v) is 4.46. The van der Waals surface area contributed by atoms with Gasteiger partial charge in [0.2, 0.25) is 11.5 Å². The Balaban J connectivity index is 1.41. The molecule has 3 atom stereocenters. The lowest BCUT2D eigenvalue weighted by Gasteiger charge is -2.36. The van der Waals surface area contributed by atoms with Crippen molar-refractivity contribution in [3.8, 4) is 17.2 Å². The van der Waals surface area contributed by atoms with Crippen molar-refractivity contribution in [1.82, 2.24) is 0 Å². The maximum Gasteiger partial charge on any atom is 0.338 e. The summed E-state index contributed by atoms with van der Waals surface area (Å²) in [5.74, 6) is 0.777. The van der Waals surface area contributed by atoms with Crippen LogP contribution in [0.5, 0.6) is 17.2 Å². The number of carbonyl (C=O) groups is 2. The van der Waals surface area contributed by atoms with Gasteiger partial charge in [-0.2, -0.15) is 0 Å². The highest BCUT2D eigenvalue weighted by atomic mass is 35.5. The number of methoxy groups -OCH3 is 2. The van der Waals surface area contributed by atoms with E-state index in [9.17, 15) is 9.59 Å². The minimum atomic E-state index is -0.476. The molecule has 1 aliphatic carbocycles. The number of aryl methyl sites for hydroxylation is 2. The van der Waals surface area contributed by atoms with Crippen molar-refractivity contribution in [2.45, 2.75) is 45.3 Å². The van der Waals surface area contributed by atoms with Crippen LogP contribution >= 0.6 is 11.6 Å². The van der Waals surface area contributed by atoms with E-state index in [2.05, 4.69) is 0 Å². The summed E-state index contributed by atoms with van der Waals surface area (Å²) in [6, 6.07) is 8.47. The van der Waals surface area contributed by atoms with Crippen molar-refractivity contribution in [2.75, 3.05) is 14.2 Å². The second-order valence-corrected chi connectivity index (χ2v) is 8.92. The van der Waals surface area contributed by atoms with Crippen molar-refractivity contribution < 1.29 is 33.3 Å². The van der Waals surface area contributed by atoms with E-state index in [0.717, 1.165) is 11.1 Å². The largest absolute Gasteiger partial charge is 0.497 e. The number of hydrogen-bond donors (Lipinski definition) is 0. The molecule has 0 saturated heterocycles. The monoisotopic (exact) mass is 486 g/mol. The molecule has 2 aromatic carbocycles. The molecule has 1 saturated carbocycles. The summed E-state index contributed by atoms with van der Waals surface area (Å²) in [6.45, 7) is 3.77. The number of allylic oxidation sites excluding steroid dienone is 1. The summed E-state index contributed by atoms with van der Waals surface area (Å²) >= 11 is 6.22. The van der Waals surface area contributed by atoms with Crippen LogP contribution in [0.2, 0.25) is 5.02 Å². The Labute approximate surface area is 203 Å². The number of Topliss-reactive ketones (excluding diaryl/α,β-unsaturated/α-hetero) is 1. The fraction of sp³-hybridized carbons (Fsp3) is 0.385. The van der Waals surface area contributed by atoms with Crippen LogP contribution in [-0.4, -0.2) is 38.2 Å². The molecule has 2 aromatic rings. The van der Waals surface area contributed by atoms with E-state index in [1.165, 1.54) is 20.5 Å². The molecule has 0 radical (unpaired) electrons. The molecule has 2 aliphatic rings. The van der Waals surface area contributed by atoms with Gasteiger partial charge in [0.25, 0.3) is 0 Å². The molecule has 1 fully saturated rings. The molecular weight excluding hydrogens is 460 g/mol. The highest BCUT2D eigenvalue weighted by molar-refractivity contribution is 6.32. The minimum Gasteiger partial charge on any atom is -0.497 e. The first-order valence-electron chi connectivity index (χ1n) is 11.1. The molecule has 1 heterocycles. The van der Waals surface area contributed by atoms with Crippen LogP contribution in [-0.2, 0) is 14.3 Å². The Kier molecular flexibility index (Phi) is 7.03. The molecule has 0 N–H and O–H groups in total. The molecule has 0 spiro atoms. The number of carbonyl (C=O) groups excluding carboxylic acids is 2. The number of ether oxygens (including phenoxy) is 5. The first kappa shape index (κ1) is 24.0. The lowest BCUT2D eigenvalue weighted by Crippen LogP contribution is -2.43. The number of benzene rings is 2. The van der Waals surface area contributed by atoms with Crippen LogP contribution in [0.1, 0.15) is 40.7 Å². The van der Waals surface area contributed by atoms with Crippen LogP contribution in [0, 0.1) is 19.8 Å². The summed E-state index contributed by atoms with van der Waals surface area (Å²) in [4.78, 5) is 25.8. The Morgan fingerprint density at radius 3 is 2.24 bits per heavy atom. The molecule has 4 rings (SSSR count). The number of halogens is 1. The smallest absolute Gasteiger partial charge is 0.338 e. The van der Waals surface area contributed by atoms with E-state index in [4.69, 9.17) is 35.3 Å². The van der Waals surface area contributed by atoms with Gasteiger partial charge in [0.1, 0.15) is 35.7 Å². The molecule has 0 bridgehead atoms. The van der Waals surface area contributed by atoms with E-state index in [1.807, 2.05) is 13.8 Å². The van der Waals surface area contributed by atoms with Gasteiger partial charge >= 0.3 is 5.97 Å². The third-order valence-electron chi connectivity index (χ3n) is 6.17. The number of rotatable bonds is 6. The van der Waals surface area contributed by atoms with Gasteiger partial charge in [-0.15, -0.1) is 0 Å². The van der Waals surface area contributed by atoms with Gasteiger partial charge < -0.3 is 23.7 Å². The van der Waals surface area contributed by atoms with Gasteiger partial charge in [-0.1, -0.05) is 11.6 Å². The first-order chi connectivity index (χ1) is 16.3. The number of ketones is 1. The van der Waals surface area contributed by atoms with Gasteiger partial charge in [-0.05, 0) is 62.1 Å². The maximum absolute atomic E-state index is 13.1. The van der Waals surface area contributed by atoms with Gasteiger partial charge in [0, 0.05) is 17.5 Å². The standard InChI is InChI=1S/C26H27ClO7/c1-14-7-20(8-15(2)24(14)27)33-23-13-32-22-12-17(5-6-21(22)25(23)28)34-26(29)16-9-18(30-3)11-19(10-16)31-4/h7-11,13,17,21-22H,5-6,12H2,1-4H3. The first-order valence-corrected chi connectivity index (χ1v) is 11.4. The van der Waals surface area contributed by atoms with E-state index in [-0.39, 0.29) is 29.7 Å². The molecular formula is C26H27ClO7. The van der Waals surface area contributed by atoms with E-state index in [1.54, 1.807) is 30.3 Å². The average molecular weight is 487 g/mol.